The van der Waals surface area contributed by atoms with Crippen molar-refractivity contribution in [3.05, 3.63) is 53.3 Å². The Hall–Kier alpha value is -2.60. The van der Waals surface area contributed by atoms with E-state index in [-0.39, 0.29) is 18.1 Å². The summed E-state index contributed by atoms with van der Waals surface area (Å²) < 4.78 is 24.2. The lowest BCUT2D eigenvalue weighted by molar-refractivity contribution is -0.885. The molecule has 0 aliphatic heterocycles. The highest BCUT2D eigenvalue weighted by Gasteiger charge is 2.15. The number of rotatable bonds is 7. The second kappa shape index (κ2) is 8.48. The molecular weight excluding hydrogens is 323 g/mol. The average Bonchev–Trinajstić information content (AvgIpc) is 2.58. The summed E-state index contributed by atoms with van der Waals surface area (Å²) in [4.78, 5) is 13.1. The van der Waals surface area contributed by atoms with Crippen molar-refractivity contribution >= 4 is 11.6 Å². The largest absolute Gasteiger partial charge is 0.493 e. The molecule has 1 amide bonds. The molecule has 6 heteroatoms. The Bertz CT molecular complexity index is 749. The predicted octanol–water partition coefficient (Wildman–Crippen LogP) is 1.80. The molecule has 2 aromatic carbocycles. The Labute approximate surface area is 147 Å². The molecular formula is C19H24FN2O3+. The number of para-hydroxylation sites is 1. The number of quaternary nitrogens is 1. The molecule has 0 radical (unpaired) electrons. The van der Waals surface area contributed by atoms with Crippen LogP contribution in [0.1, 0.15) is 11.1 Å². The van der Waals surface area contributed by atoms with Crippen LogP contribution in [0, 0.1) is 12.7 Å². The van der Waals surface area contributed by atoms with E-state index in [9.17, 15) is 9.18 Å². The van der Waals surface area contributed by atoms with Gasteiger partial charge in [0.1, 0.15) is 12.4 Å². The van der Waals surface area contributed by atoms with Crippen molar-refractivity contribution in [1.29, 1.82) is 0 Å². The lowest BCUT2D eigenvalue weighted by Gasteiger charge is -2.17. The number of benzene rings is 2. The standard InChI is InChI=1S/C19H23FN2O3/c1-13-9-17(24-3)18(25-4)10-14(13)11-22(2)12-19(23)21-16-8-6-5-7-15(16)20/h5-10H,11-12H2,1-4H3,(H,21,23)/p+1. The molecule has 1 atom stereocenters. The van der Waals surface area contributed by atoms with E-state index in [4.69, 9.17) is 9.47 Å². The van der Waals surface area contributed by atoms with Gasteiger partial charge in [-0.05, 0) is 36.8 Å². The fourth-order valence-electron chi connectivity index (χ4n) is 2.63. The third kappa shape index (κ3) is 4.93. The molecule has 0 saturated heterocycles. The van der Waals surface area contributed by atoms with Crippen LogP contribution in [0.25, 0.3) is 0 Å². The van der Waals surface area contributed by atoms with Crippen LogP contribution in [0.2, 0.25) is 0 Å². The molecule has 0 spiro atoms. The maximum atomic E-state index is 13.6. The Morgan fingerprint density at radius 2 is 1.80 bits per heavy atom. The van der Waals surface area contributed by atoms with Gasteiger partial charge in [0.15, 0.2) is 18.0 Å². The number of carbonyl (C=O) groups excluding carboxylic acids is 1. The summed E-state index contributed by atoms with van der Waals surface area (Å²) in [5.74, 6) is 0.662. The SMILES string of the molecule is COc1cc(C)c(C[NH+](C)CC(=O)Nc2ccccc2F)cc1OC. The van der Waals surface area contributed by atoms with Gasteiger partial charge in [0.25, 0.3) is 5.91 Å². The number of aryl methyl sites for hydroxylation is 1. The van der Waals surface area contributed by atoms with Gasteiger partial charge in [-0.25, -0.2) is 4.39 Å². The molecule has 134 valence electrons. The number of hydrogen-bond acceptors (Lipinski definition) is 3. The Balaban J connectivity index is 2.01. The van der Waals surface area contributed by atoms with Gasteiger partial charge in [-0.2, -0.15) is 0 Å². The van der Waals surface area contributed by atoms with E-state index in [0.717, 1.165) is 16.0 Å². The lowest BCUT2D eigenvalue weighted by Crippen LogP contribution is -3.08. The lowest BCUT2D eigenvalue weighted by atomic mass is 10.1. The maximum Gasteiger partial charge on any atom is 0.279 e. The van der Waals surface area contributed by atoms with Crippen molar-refractivity contribution in [2.45, 2.75) is 13.5 Å². The molecule has 2 aromatic rings. The molecule has 2 N–H and O–H groups in total. The number of nitrogens with one attached hydrogen (secondary N) is 2. The van der Waals surface area contributed by atoms with E-state index in [2.05, 4.69) is 5.32 Å². The molecule has 0 saturated carbocycles. The third-order valence-electron chi connectivity index (χ3n) is 3.94. The Morgan fingerprint density at radius 1 is 1.16 bits per heavy atom. The van der Waals surface area contributed by atoms with Crippen molar-refractivity contribution < 1.29 is 23.6 Å². The summed E-state index contributed by atoms with van der Waals surface area (Å²) in [7, 11) is 5.11. The van der Waals surface area contributed by atoms with Gasteiger partial charge < -0.3 is 19.7 Å². The monoisotopic (exact) mass is 347 g/mol. The van der Waals surface area contributed by atoms with Crippen LogP contribution in [-0.2, 0) is 11.3 Å². The quantitative estimate of drug-likeness (QED) is 0.803. The van der Waals surface area contributed by atoms with Crippen molar-refractivity contribution in [2.75, 3.05) is 33.1 Å². The van der Waals surface area contributed by atoms with E-state index >= 15 is 0 Å². The zero-order valence-electron chi connectivity index (χ0n) is 15.0. The minimum Gasteiger partial charge on any atom is -0.493 e. The first kappa shape index (κ1) is 18.7. The van der Waals surface area contributed by atoms with Crippen LogP contribution in [0.4, 0.5) is 10.1 Å². The summed E-state index contributed by atoms with van der Waals surface area (Å²) in [5, 5.41) is 2.60. The van der Waals surface area contributed by atoms with Gasteiger partial charge in [-0.15, -0.1) is 0 Å². The Kier molecular flexibility index (Phi) is 6.36. The zero-order valence-corrected chi connectivity index (χ0v) is 15.0. The summed E-state index contributed by atoms with van der Waals surface area (Å²) in [6, 6.07) is 9.97. The molecule has 0 aliphatic carbocycles. The number of carbonyl (C=O) groups is 1. The molecule has 0 aromatic heterocycles. The highest BCUT2D eigenvalue weighted by Crippen LogP contribution is 2.29. The van der Waals surface area contributed by atoms with Crippen molar-refractivity contribution in [1.82, 2.24) is 0 Å². The van der Waals surface area contributed by atoms with E-state index in [0.29, 0.717) is 18.0 Å². The highest BCUT2D eigenvalue weighted by atomic mass is 19.1. The van der Waals surface area contributed by atoms with Crippen LogP contribution in [0.3, 0.4) is 0 Å². The number of likely N-dealkylation sites (N-methyl/N-ethyl adjacent to an activating group) is 1. The van der Waals surface area contributed by atoms with Crippen LogP contribution in [0.5, 0.6) is 11.5 Å². The summed E-state index contributed by atoms with van der Waals surface area (Å²) >= 11 is 0. The molecule has 0 fully saturated rings. The molecule has 2 rings (SSSR count). The number of ether oxygens (including phenoxy) is 2. The van der Waals surface area contributed by atoms with Crippen molar-refractivity contribution in [3.63, 3.8) is 0 Å². The molecule has 0 heterocycles. The number of hydrogen-bond donors (Lipinski definition) is 2. The Morgan fingerprint density at radius 3 is 2.44 bits per heavy atom. The van der Waals surface area contributed by atoms with Crippen LogP contribution >= 0.6 is 0 Å². The first-order chi connectivity index (χ1) is 11.9. The smallest absolute Gasteiger partial charge is 0.279 e. The van der Waals surface area contributed by atoms with E-state index < -0.39 is 5.82 Å². The first-order valence-corrected chi connectivity index (χ1v) is 8.01. The molecule has 5 nitrogen and oxygen atoms in total. The zero-order chi connectivity index (χ0) is 18.4. The van der Waals surface area contributed by atoms with Gasteiger partial charge in [-0.1, -0.05) is 12.1 Å². The number of anilines is 1. The van der Waals surface area contributed by atoms with Gasteiger partial charge in [0.2, 0.25) is 0 Å². The normalized spacial score (nSPS) is 11.7. The first-order valence-electron chi connectivity index (χ1n) is 8.01. The molecule has 1 unspecified atom stereocenters. The molecule has 0 aliphatic rings. The van der Waals surface area contributed by atoms with Gasteiger partial charge in [0, 0.05) is 5.56 Å². The second-order valence-corrected chi connectivity index (χ2v) is 5.97. The van der Waals surface area contributed by atoms with Crippen molar-refractivity contribution in [2.24, 2.45) is 0 Å². The fraction of sp³-hybridized carbons (Fsp3) is 0.316. The number of amides is 1. The van der Waals surface area contributed by atoms with Crippen molar-refractivity contribution in [3.8, 4) is 11.5 Å². The van der Waals surface area contributed by atoms with E-state index in [1.165, 1.54) is 6.07 Å². The van der Waals surface area contributed by atoms with Crippen LogP contribution in [-0.4, -0.2) is 33.7 Å². The minimum atomic E-state index is -0.441. The number of methoxy groups -OCH3 is 2. The highest BCUT2D eigenvalue weighted by molar-refractivity contribution is 5.91. The topological polar surface area (TPSA) is 52.0 Å². The van der Waals surface area contributed by atoms with Crippen LogP contribution in [0.15, 0.2) is 36.4 Å². The van der Waals surface area contributed by atoms with E-state index in [1.807, 2.05) is 26.1 Å². The third-order valence-corrected chi connectivity index (χ3v) is 3.94. The summed E-state index contributed by atoms with van der Waals surface area (Å²) in [6.07, 6.45) is 0. The molecule has 0 bridgehead atoms. The van der Waals surface area contributed by atoms with E-state index in [1.54, 1.807) is 32.4 Å². The maximum absolute atomic E-state index is 13.6. The van der Waals surface area contributed by atoms with Gasteiger partial charge >= 0.3 is 0 Å². The summed E-state index contributed by atoms with van der Waals surface area (Å²) in [6.45, 7) is 2.85. The van der Waals surface area contributed by atoms with Crippen LogP contribution < -0.4 is 19.7 Å². The van der Waals surface area contributed by atoms with Gasteiger partial charge in [0.05, 0.1) is 27.0 Å². The summed E-state index contributed by atoms with van der Waals surface area (Å²) in [5.41, 5.74) is 2.32. The minimum absolute atomic E-state index is 0.197. The number of halogens is 1. The fourth-order valence-corrected chi connectivity index (χ4v) is 2.63. The average molecular weight is 347 g/mol. The predicted molar refractivity (Wildman–Crippen MR) is 94.8 cm³/mol. The molecule has 25 heavy (non-hydrogen) atoms. The van der Waals surface area contributed by atoms with Gasteiger partial charge in [-0.3, -0.25) is 4.79 Å². The second-order valence-electron chi connectivity index (χ2n) is 5.97.